The molecule has 0 radical (unpaired) electrons. The van der Waals surface area contributed by atoms with E-state index >= 15 is 0 Å². The molecule has 21 heavy (non-hydrogen) atoms. The number of aliphatic carboxylic acids is 1. The molecule has 0 aromatic heterocycles. The van der Waals surface area contributed by atoms with Gasteiger partial charge in [0.25, 0.3) is 5.91 Å². The van der Waals surface area contributed by atoms with E-state index in [1.54, 1.807) is 24.3 Å². The molecule has 114 valence electrons. The van der Waals surface area contributed by atoms with E-state index in [0.29, 0.717) is 23.8 Å². The molecule has 6 nitrogen and oxygen atoms in total. The average molecular weight is 314 g/mol. The first-order chi connectivity index (χ1) is 9.99. The summed E-state index contributed by atoms with van der Waals surface area (Å²) in [6.45, 7) is 0.423. The van der Waals surface area contributed by atoms with E-state index in [1.807, 2.05) is 0 Å². The second-order valence-corrected chi connectivity index (χ2v) is 5.38. The van der Waals surface area contributed by atoms with Crippen molar-refractivity contribution >= 4 is 23.5 Å². The molecule has 2 rings (SSSR count). The number of carboxylic acid groups (broad SMARTS) is 1. The number of halogens is 1. The fraction of sp³-hybridized carbons (Fsp3) is 0.429. The Morgan fingerprint density at radius 2 is 2.29 bits per heavy atom. The summed E-state index contributed by atoms with van der Waals surface area (Å²) in [7, 11) is 0. The average Bonchev–Trinajstić information content (AvgIpc) is 2.83. The van der Waals surface area contributed by atoms with E-state index in [1.165, 1.54) is 0 Å². The number of benzene rings is 1. The molecule has 1 aromatic carbocycles. The maximum atomic E-state index is 11.9. The molecule has 0 bridgehead atoms. The zero-order chi connectivity index (χ0) is 15.3. The third-order valence-corrected chi connectivity index (χ3v) is 3.40. The number of amides is 1. The van der Waals surface area contributed by atoms with Crippen molar-refractivity contribution in [3.8, 4) is 5.75 Å². The zero-order valence-corrected chi connectivity index (χ0v) is 12.1. The molecule has 1 heterocycles. The molecule has 1 aromatic rings. The van der Waals surface area contributed by atoms with Crippen molar-refractivity contribution in [2.75, 3.05) is 19.8 Å². The van der Waals surface area contributed by atoms with Crippen LogP contribution in [0.2, 0.25) is 5.02 Å². The van der Waals surface area contributed by atoms with Crippen molar-refractivity contribution < 1.29 is 24.2 Å². The summed E-state index contributed by atoms with van der Waals surface area (Å²) < 4.78 is 10.5. The minimum atomic E-state index is -0.975. The summed E-state index contributed by atoms with van der Waals surface area (Å²) in [5.74, 6) is -0.883. The van der Waals surface area contributed by atoms with E-state index in [4.69, 9.17) is 26.2 Å². The second-order valence-electron chi connectivity index (χ2n) is 4.95. The third kappa shape index (κ3) is 4.61. The molecular weight excluding hydrogens is 298 g/mol. The quantitative estimate of drug-likeness (QED) is 0.830. The number of carbonyl (C=O) groups is 2. The first-order valence-electron chi connectivity index (χ1n) is 6.48. The molecule has 1 amide bonds. The smallest absolute Gasteiger partial charge is 0.305 e. The molecule has 1 fully saturated rings. The van der Waals surface area contributed by atoms with Crippen LogP contribution in [0.4, 0.5) is 0 Å². The molecule has 7 heteroatoms. The SMILES string of the molecule is O=C(O)CC1(NC(=O)COc2cccc(Cl)c2)CCOC1. The van der Waals surface area contributed by atoms with Crippen LogP contribution in [0.5, 0.6) is 5.75 Å². The van der Waals surface area contributed by atoms with Crippen LogP contribution in [0.3, 0.4) is 0 Å². The van der Waals surface area contributed by atoms with Crippen LogP contribution in [0, 0.1) is 0 Å². The van der Waals surface area contributed by atoms with E-state index in [2.05, 4.69) is 5.32 Å². The lowest BCUT2D eigenvalue weighted by atomic mass is 9.94. The lowest BCUT2D eigenvalue weighted by Gasteiger charge is -2.26. The van der Waals surface area contributed by atoms with Crippen LogP contribution in [0.15, 0.2) is 24.3 Å². The number of carboxylic acids is 1. The van der Waals surface area contributed by atoms with E-state index in [0.717, 1.165) is 0 Å². The second kappa shape index (κ2) is 6.78. The van der Waals surface area contributed by atoms with Gasteiger partial charge >= 0.3 is 5.97 Å². The Labute approximate surface area is 127 Å². The lowest BCUT2D eigenvalue weighted by molar-refractivity contribution is -0.139. The minimum Gasteiger partial charge on any atom is -0.484 e. The Hall–Kier alpha value is -1.79. The normalized spacial score (nSPS) is 21.0. The van der Waals surface area contributed by atoms with Crippen LogP contribution in [0.1, 0.15) is 12.8 Å². The standard InChI is InChI=1S/C14H16ClNO5/c15-10-2-1-3-11(6-10)21-8-12(17)16-14(7-13(18)19)4-5-20-9-14/h1-3,6H,4-5,7-9H2,(H,16,17)(H,18,19). The Morgan fingerprint density at radius 1 is 1.48 bits per heavy atom. The van der Waals surface area contributed by atoms with Crippen LogP contribution in [-0.4, -0.2) is 42.3 Å². The zero-order valence-electron chi connectivity index (χ0n) is 11.3. The first-order valence-corrected chi connectivity index (χ1v) is 6.86. The highest BCUT2D eigenvalue weighted by molar-refractivity contribution is 6.30. The van der Waals surface area contributed by atoms with E-state index in [9.17, 15) is 9.59 Å². The van der Waals surface area contributed by atoms with Crippen molar-refractivity contribution in [3.05, 3.63) is 29.3 Å². The van der Waals surface area contributed by atoms with Gasteiger partial charge in [0, 0.05) is 11.6 Å². The van der Waals surface area contributed by atoms with Crippen LogP contribution < -0.4 is 10.1 Å². The molecular formula is C14H16ClNO5. The van der Waals surface area contributed by atoms with Gasteiger partial charge < -0.3 is 19.9 Å². The Balaban J connectivity index is 1.89. The molecule has 1 atom stereocenters. The van der Waals surface area contributed by atoms with Crippen molar-refractivity contribution in [1.29, 1.82) is 0 Å². The molecule has 1 aliphatic rings. The molecule has 2 N–H and O–H groups in total. The van der Waals surface area contributed by atoms with Gasteiger partial charge in [-0.25, -0.2) is 0 Å². The first kappa shape index (κ1) is 15.6. The fourth-order valence-electron chi connectivity index (χ4n) is 2.22. The monoisotopic (exact) mass is 313 g/mol. The van der Waals surface area contributed by atoms with E-state index < -0.39 is 11.5 Å². The van der Waals surface area contributed by atoms with E-state index in [-0.39, 0.29) is 25.5 Å². The molecule has 0 spiro atoms. The van der Waals surface area contributed by atoms with Gasteiger partial charge in [0.15, 0.2) is 6.61 Å². The molecule has 1 aliphatic heterocycles. The van der Waals surface area contributed by atoms with Gasteiger partial charge in [0.2, 0.25) is 0 Å². The number of rotatable bonds is 6. The highest BCUT2D eigenvalue weighted by atomic mass is 35.5. The number of ether oxygens (including phenoxy) is 2. The van der Waals surface area contributed by atoms with Crippen molar-refractivity contribution in [1.82, 2.24) is 5.32 Å². The van der Waals surface area contributed by atoms with Gasteiger partial charge in [0.05, 0.1) is 18.6 Å². The Kier molecular flexibility index (Phi) is 5.03. The highest BCUT2D eigenvalue weighted by Crippen LogP contribution is 2.23. The van der Waals surface area contributed by atoms with Crippen molar-refractivity contribution in [3.63, 3.8) is 0 Å². The number of carbonyl (C=O) groups excluding carboxylic acids is 1. The van der Waals surface area contributed by atoms with Gasteiger partial charge in [-0.1, -0.05) is 17.7 Å². The van der Waals surface area contributed by atoms with Crippen LogP contribution in [0.25, 0.3) is 0 Å². The summed E-state index contributed by atoms with van der Waals surface area (Å²) in [5, 5.41) is 12.2. The van der Waals surface area contributed by atoms with Gasteiger partial charge in [-0.2, -0.15) is 0 Å². The number of nitrogens with one attached hydrogen (secondary N) is 1. The Bertz CT molecular complexity index is 528. The van der Waals surface area contributed by atoms with Crippen LogP contribution in [-0.2, 0) is 14.3 Å². The van der Waals surface area contributed by atoms with Crippen LogP contribution >= 0.6 is 11.6 Å². The maximum Gasteiger partial charge on any atom is 0.305 e. The minimum absolute atomic E-state index is 0.171. The van der Waals surface area contributed by atoms with Crippen molar-refractivity contribution in [2.24, 2.45) is 0 Å². The summed E-state index contributed by atoms with van der Waals surface area (Å²) in [6, 6.07) is 6.70. The third-order valence-electron chi connectivity index (χ3n) is 3.16. The molecule has 0 aliphatic carbocycles. The molecule has 0 saturated carbocycles. The van der Waals surface area contributed by atoms with Gasteiger partial charge in [-0.3, -0.25) is 9.59 Å². The summed E-state index contributed by atoms with van der Waals surface area (Å²) in [5.41, 5.74) is -0.847. The summed E-state index contributed by atoms with van der Waals surface area (Å²) in [6.07, 6.45) is 0.304. The largest absolute Gasteiger partial charge is 0.484 e. The predicted octanol–water partition coefficient (Wildman–Crippen LogP) is 1.47. The topological polar surface area (TPSA) is 84.9 Å². The number of hydrogen-bond donors (Lipinski definition) is 2. The maximum absolute atomic E-state index is 11.9. The number of hydrogen-bond acceptors (Lipinski definition) is 4. The fourth-order valence-corrected chi connectivity index (χ4v) is 2.40. The highest BCUT2D eigenvalue weighted by Gasteiger charge is 2.38. The van der Waals surface area contributed by atoms with Crippen molar-refractivity contribution in [2.45, 2.75) is 18.4 Å². The van der Waals surface area contributed by atoms with Gasteiger partial charge in [-0.15, -0.1) is 0 Å². The Morgan fingerprint density at radius 3 is 2.90 bits per heavy atom. The summed E-state index contributed by atoms with van der Waals surface area (Å²) in [4.78, 5) is 22.8. The summed E-state index contributed by atoms with van der Waals surface area (Å²) >= 11 is 5.81. The lowest BCUT2D eigenvalue weighted by Crippen LogP contribution is -2.51. The van der Waals surface area contributed by atoms with Gasteiger partial charge in [0.1, 0.15) is 5.75 Å². The van der Waals surface area contributed by atoms with Gasteiger partial charge in [-0.05, 0) is 24.6 Å². The predicted molar refractivity (Wildman–Crippen MR) is 75.5 cm³/mol. The molecule has 1 saturated heterocycles. The molecule has 1 unspecified atom stereocenters.